The van der Waals surface area contributed by atoms with Crippen LogP contribution in [-0.2, 0) is 0 Å². The van der Waals surface area contributed by atoms with Crippen LogP contribution in [0.5, 0.6) is 0 Å². The predicted molar refractivity (Wildman–Crippen MR) is 49.3 cm³/mol. The molecule has 0 rings (SSSR count). The summed E-state index contributed by atoms with van der Waals surface area (Å²) in [5, 5.41) is 0. The molecule has 2 heteroatoms. The van der Waals surface area contributed by atoms with Crippen molar-refractivity contribution in [2.24, 2.45) is 0 Å². The molecule has 58 valence electrons. The van der Waals surface area contributed by atoms with Crippen molar-refractivity contribution in [1.29, 1.82) is 0 Å². The van der Waals surface area contributed by atoms with Gasteiger partial charge in [0, 0.05) is 24.5 Å². The lowest BCUT2D eigenvalue weighted by Crippen LogP contribution is -2.14. The molecule has 0 bridgehead atoms. The molecule has 0 aromatic heterocycles. The summed E-state index contributed by atoms with van der Waals surface area (Å²) in [6, 6.07) is 0. The maximum absolute atomic E-state index is 5.10. The van der Waals surface area contributed by atoms with Crippen molar-refractivity contribution in [3.8, 4) is 12.3 Å². The lowest BCUT2D eigenvalue weighted by molar-refractivity contribution is 0.437. The highest BCUT2D eigenvalue weighted by molar-refractivity contribution is 7.99. The van der Waals surface area contributed by atoms with Gasteiger partial charge in [-0.15, -0.1) is 12.3 Å². The van der Waals surface area contributed by atoms with Gasteiger partial charge in [0.25, 0.3) is 0 Å². The first-order valence-corrected chi connectivity index (χ1v) is 4.58. The van der Waals surface area contributed by atoms with Gasteiger partial charge in [0.1, 0.15) is 0 Å². The van der Waals surface area contributed by atoms with Crippen molar-refractivity contribution >= 4 is 11.8 Å². The highest BCUT2D eigenvalue weighted by atomic mass is 32.2. The van der Waals surface area contributed by atoms with Gasteiger partial charge in [0.2, 0.25) is 0 Å². The number of nitrogens with zero attached hydrogens (tertiary/aromatic N) is 1. The quantitative estimate of drug-likeness (QED) is 0.437. The zero-order chi connectivity index (χ0) is 7.82. The second-order valence-corrected chi connectivity index (χ2v) is 3.59. The van der Waals surface area contributed by atoms with E-state index in [2.05, 4.69) is 24.9 Å². The van der Waals surface area contributed by atoms with E-state index in [0.29, 0.717) is 0 Å². The van der Waals surface area contributed by atoms with Gasteiger partial charge >= 0.3 is 0 Å². The molecular formula is C8H15NS. The van der Waals surface area contributed by atoms with Crippen molar-refractivity contribution < 1.29 is 0 Å². The normalized spacial score (nSPS) is 9.80. The predicted octanol–water partition coefficient (Wildman–Crippen LogP) is 1.30. The standard InChI is InChI=1S/C8H15NS/c1-4-5-7-10-8-6-9(2)3/h1H,5-8H2,2-3H3. The van der Waals surface area contributed by atoms with Crippen LogP contribution in [0.1, 0.15) is 6.42 Å². The molecular weight excluding hydrogens is 142 g/mol. The minimum Gasteiger partial charge on any atom is -0.309 e. The topological polar surface area (TPSA) is 3.24 Å². The van der Waals surface area contributed by atoms with Crippen molar-refractivity contribution in [1.82, 2.24) is 4.90 Å². The van der Waals surface area contributed by atoms with Crippen LogP contribution in [0.3, 0.4) is 0 Å². The van der Waals surface area contributed by atoms with E-state index in [9.17, 15) is 0 Å². The Balaban J connectivity index is 2.86. The Bertz CT molecular complexity index is 104. The lowest BCUT2D eigenvalue weighted by atomic mass is 10.5. The Hall–Kier alpha value is -0.130. The van der Waals surface area contributed by atoms with Crippen LogP contribution in [-0.4, -0.2) is 37.0 Å². The van der Waals surface area contributed by atoms with Gasteiger partial charge in [-0.2, -0.15) is 11.8 Å². The number of terminal acetylenes is 1. The zero-order valence-corrected chi connectivity index (χ0v) is 7.58. The van der Waals surface area contributed by atoms with Crippen LogP contribution in [0.2, 0.25) is 0 Å². The molecule has 0 fully saturated rings. The third kappa shape index (κ3) is 7.87. The average Bonchev–Trinajstić information content (AvgIpc) is 1.87. The van der Waals surface area contributed by atoms with E-state index in [1.807, 2.05) is 11.8 Å². The molecule has 0 aromatic carbocycles. The van der Waals surface area contributed by atoms with Gasteiger partial charge in [0.05, 0.1) is 0 Å². The van der Waals surface area contributed by atoms with Crippen molar-refractivity contribution in [2.45, 2.75) is 6.42 Å². The molecule has 0 atom stereocenters. The summed E-state index contributed by atoms with van der Waals surface area (Å²) in [6.07, 6.45) is 6.00. The minimum atomic E-state index is 0.901. The molecule has 0 spiro atoms. The second kappa shape index (κ2) is 6.98. The third-order valence-electron chi connectivity index (χ3n) is 1.07. The molecule has 10 heavy (non-hydrogen) atoms. The highest BCUT2D eigenvalue weighted by Gasteiger charge is 1.89. The first-order valence-electron chi connectivity index (χ1n) is 3.43. The van der Waals surface area contributed by atoms with Crippen LogP contribution in [0.25, 0.3) is 0 Å². The first-order chi connectivity index (χ1) is 4.77. The van der Waals surface area contributed by atoms with E-state index in [4.69, 9.17) is 6.42 Å². The highest BCUT2D eigenvalue weighted by Crippen LogP contribution is 2.00. The molecule has 0 amide bonds. The third-order valence-corrected chi connectivity index (χ3v) is 2.04. The molecule has 0 saturated heterocycles. The van der Waals surface area contributed by atoms with Crippen molar-refractivity contribution in [2.75, 3.05) is 32.1 Å². The van der Waals surface area contributed by atoms with Crippen LogP contribution in [0.4, 0.5) is 0 Å². The van der Waals surface area contributed by atoms with Crippen LogP contribution in [0.15, 0.2) is 0 Å². The molecule has 0 heterocycles. The molecule has 0 aliphatic rings. The van der Waals surface area contributed by atoms with E-state index < -0.39 is 0 Å². The largest absolute Gasteiger partial charge is 0.309 e. The van der Waals surface area contributed by atoms with Gasteiger partial charge in [0.15, 0.2) is 0 Å². The maximum Gasteiger partial charge on any atom is 0.0177 e. The number of rotatable bonds is 5. The molecule has 0 saturated carbocycles. The minimum absolute atomic E-state index is 0.901. The van der Waals surface area contributed by atoms with E-state index in [0.717, 1.165) is 18.7 Å². The van der Waals surface area contributed by atoms with Gasteiger partial charge in [-0.05, 0) is 14.1 Å². The Morgan fingerprint density at radius 1 is 1.40 bits per heavy atom. The van der Waals surface area contributed by atoms with E-state index in [-0.39, 0.29) is 0 Å². The molecule has 0 aromatic rings. The Labute approximate surface area is 68.2 Å². The summed E-state index contributed by atoms with van der Waals surface area (Å²) >= 11 is 1.92. The van der Waals surface area contributed by atoms with Crippen LogP contribution >= 0.6 is 11.8 Å². The van der Waals surface area contributed by atoms with E-state index in [1.54, 1.807) is 0 Å². The fraction of sp³-hybridized carbons (Fsp3) is 0.750. The molecule has 0 aliphatic heterocycles. The van der Waals surface area contributed by atoms with Gasteiger partial charge in [-0.25, -0.2) is 0 Å². The Kier molecular flexibility index (Phi) is 6.89. The SMILES string of the molecule is C#CCCSCCN(C)C. The smallest absolute Gasteiger partial charge is 0.0177 e. The molecule has 0 N–H and O–H groups in total. The Morgan fingerprint density at radius 3 is 2.60 bits per heavy atom. The summed E-state index contributed by atoms with van der Waals surface area (Å²) in [4.78, 5) is 2.18. The van der Waals surface area contributed by atoms with Crippen LogP contribution in [0, 0.1) is 12.3 Å². The molecule has 0 unspecified atom stereocenters. The molecule has 1 nitrogen and oxygen atoms in total. The number of hydrogen-bond donors (Lipinski definition) is 0. The first kappa shape index (κ1) is 9.87. The van der Waals surface area contributed by atoms with E-state index >= 15 is 0 Å². The summed E-state index contributed by atoms with van der Waals surface area (Å²) in [5.74, 6) is 4.91. The van der Waals surface area contributed by atoms with Gasteiger partial charge in [-0.3, -0.25) is 0 Å². The number of hydrogen-bond acceptors (Lipinski definition) is 2. The summed E-state index contributed by atoms with van der Waals surface area (Å²) in [6.45, 7) is 1.15. The van der Waals surface area contributed by atoms with Crippen molar-refractivity contribution in [3.05, 3.63) is 0 Å². The van der Waals surface area contributed by atoms with Gasteiger partial charge < -0.3 is 4.90 Å². The monoisotopic (exact) mass is 157 g/mol. The lowest BCUT2D eigenvalue weighted by Gasteiger charge is -2.07. The molecule has 0 radical (unpaired) electrons. The summed E-state index contributed by atoms with van der Waals surface area (Å²) < 4.78 is 0. The van der Waals surface area contributed by atoms with E-state index in [1.165, 1.54) is 5.75 Å². The zero-order valence-electron chi connectivity index (χ0n) is 6.76. The molecule has 0 aliphatic carbocycles. The fourth-order valence-electron chi connectivity index (χ4n) is 0.480. The maximum atomic E-state index is 5.10. The second-order valence-electron chi connectivity index (χ2n) is 2.37. The fourth-order valence-corrected chi connectivity index (χ4v) is 1.44. The Morgan fingerprint density at radius 2 is 2.10 bits per heavy atom. The van der Waals surface area contributed by atoms with Gasteiger partial charge in [-0.1, -0.05) is 0 Å². The van der Waals surface area contributed by atoms with Crippen LogP contribution < -0.4 is 0 Å². The average molecular weight is 157 g/mol. The summed E-state index contributed by atoms with van der Waals surface area (Å²) in [7, 11) is 4.17. The number of thioether (sulfide) groups is 1. The van der Waals surface area contributed by atoms with Crippen molar-refractivity contribution in [3.63, 3.8) is 0 Å². The summed E-state index contributed by atoms with van der Waals surface area (Å²) in [5.41, 5.74) is 0.